The molecule has 5 N–H and O–H groups in total. The van der Waals surface area contributed by atoms with Crippen molar-refractivity contribution < 1.29 is 39.6 Å². The van der Waals surface area contributed by atoms with Crippen LogP contribution in [0, 0.1) is 5.41 Å². The number of benzene rings is 2. The predicted molar refractivity (Wildman–Crippen MR) is 105 cm³/mol. The molecule has 3 rings (SSSR count). The summed E-state index contributed by atoms with van der Waals surface area (Å²) in [6.07, 6.45) is -2.54. The first-order chi connectivity index (χ1) is 14.6. The van der Waals surface area contributed by atoms with Gasteiger partial charge < -0.3 is 25.4 Å². The molecule has 0 radical (unpaired) electrons. The number of esters is 1. The highest BCUT2D eigenvalue weighted by Crippen LogP contribution is 2.35. The highest BCUT2D eigenvalue weighted by Gasteiger charge is 2.55. The summed E-state index contributed by atoms with van der Waals surface area (Å²) in [6, 6.07) is 10.9. The number of nitrogens with zero attached hydrogens (tertiary/aromatic N) is 1. The van der Waals surface area contributed by atoms with Gasteiger partial charge in [0.25, 0.3) is 11.8 Å². The molecule has 1 heterocycles. The number of phenols is 2. The van der Waals surface area contributed by atoms with Gasteiger partial charge in [0.15, 0.2) is 0 Å². The summed E-state index contributed by atoms with van der Waals surface area (Å²) in [5, 5.41) is 42.5. The molecule has 2 aromatic carbocycles. The van der Waals surface area contributed by atoms with Crippen LogP contribution in [-0.4, -0.2) is 68.7 Å². The molecule has 2 amide bonds. The third kappa shape index (κ3) is 4.60. The Bertz CT molecular complexity index is 1010. The fourth-order valence-electron chi connectivity index (χ4n) is 3.29. The van der Waals surface area contributed by atoms with E-state index in [9.17, 15) is 34.9 Å². The average Bonchev–Trinajstić information content (AvgIpc) is 2.94. The number of carbonyl (C=O) groups is 3. The number of aromatic hydroxyl groups is 2. The fourth-order valence-corrected chi connectivity index (χ4v) is 3.29. The normalized spacial score (nSPS) is 22.6. The van der Waals surface area contributed by atoms with Gasteiger partial charge in [-0.15, -0.1) is 0 Å². The number of aliphatic hydroxyl groups is 1. The molecule has 1 aliphatic heterocycles. The lowest BCUT2D eigenvalue weighted by atomic mass is 9.83. The van der Waals surface area contributed by atoms with Crippen molar-refractivity contribution in [3.8, 4) is 11.5 Å². The van der Waals surface area contributed by atoms with E-state index in [1.807, 2.05) is 0 Å². The van der Waals surface area contributed by atoms with Crippen LogP contribution in [0.25, 0.3) is 0 Å². The largest absolute Gasteiger partial charge is 0.508 e. The van der Waals surface area contributed by atoms with Crippen molar-refractivity contribution in [2.24, 2.45) is 5.41 Å². The Balaban J connectivity index is 1.64. The third-order valence-corrected chi connectivity index (χ3v) is 5.11. The molecule has 10 nitrogen and oxygen atoms in total. The molecule has 164 valence electrons. The van der Waals surface area contributed by atoms with E-state index in [0.29, 0.717) is 0 Å². The summed E-state index contributed by atoms with van der Waals surface area (Å²) in [6.45, 7) is 0.539. The van der Waals surface area contributed by atoms with E-state index in [0.717, 1.165) is 6.07 Å². The first-order valence-electron chi connectivity index (χ1n) is 9.38. The molecule has 1 fully saturated rings. The summed E-state index contributed by atoms with van der Waals surface area (Å²) >= 11 is 0. The monoisotopic (exact) mass is 430 g/mol. The van der Waals surface area contributed by atoms with Gasteiger partial charge in [0.2, 0.25) is 0 Å². The molecule has 0 aromatic heterocycles. The number of carbonyl (C=O) groups excluding carboxylic acids is 3. The molecule has 0 spiro atoms. The van der Waals surface area contributed by atoms with E-state index in [-0.39, 0.29) is 34.2 Å². The highest BCUT2D eigenvalue weighted by atomic mass is 16.6. The number of hydrogen-bond acceptors (Lipinski definition) is 8. The second kappa shape index (κ2) is 8.62. The van der Waals surface area contributed by atoms with Crippen LogP contribution in [0.4, 0.5) is 0 Å². The second-order valence-corrected chi connectivity index (χ2v) is 7.48. The predicted octanol–water partition coefficient (Wildman–Crippen LogP) is 0.652. The average molecular weight is 430 g/mol. The molecule has 0 saturated carbocycles. The van der Waals surface area contributed by atoms with Crippen LogP contribution in [0.15, 0.2) is 48.5 Å². The van der Waals surface area contributed by atoms with Crippen LogP contribution in [0.3, 0.4) is 0 Å². The van der Waals surface area contributed by atoms with E-state index in [2.05, 4.69) is 5.32 Å². The Morgan fingerprint density at radius 1 is 1.10 bits per heavy atom. The minimum Gasteiger partial charge on any atom is -0.508 e. The standard InChI is InChI=1S/C21H22N2O8/c1-21(11-23(30)19(28)13-5-3-7-15(25)9-13)17(26)16(31-20(21)29)10-22-18(27)12-4-2-6-14(24)8-12/h2-9,16-17,24-26,30H,10-11H2,1H3,(H,22,27)/t16-,17-,21+/m1/s1. The summed E-state index contributed by atoms with van der Waals surface area (Å²) in [5.41, 5.74) is -1.48. The number of amides is 2. The van der Waals surface area contributed by atoms with Crippen LogP contribution in [0.2, 0.25) is 0 Å². The van der Waals surface area contributed by atoms with Crippen molar-refractivity contribution in [1.29, 1.82) is 0 Å². The number of phenolic OH excluding ortho intramolecular Hbond substituents is 2. The van der Waals surface area contributed by atoms with Crippen molar-refractivity contribution in [3.05, 3.63) is 59.7 Å². The van der Waals surface area contributed by atoms with E-state index >= 15 is 0 Å². The van der Waals surface area contributed by atoms with Gasteiger partial charge >= 0.3 is 5.97 Å². The summed E-state index contributed by atoms with van der Waals surface area (Å²) in [4.78, 5) is 37.0. The van der Waals surface area contributed by atoms with Gasteiger partial charge in [-0.2, -0.15) is 0 Å². The lowest BCUT2D eigenvalue weighted by molar-refractivity contribution is -0.153. The molecule has 0 bridgehead atoms. The lowest BCUT2D eigenvalue weighted by Crippen LogP contribution is -2.48. The molecule has 0 aliphatic carbocycles. The van der Waals surface area contributed by atoms with Gasteiger partial charge in [0, 0.05) is 11.1 Å². The summed E-state index contributed by atoms with van der Waals surface area (Å²) in [7, 11) is 0. The van der Waals surface area contributed by atoms with Crippen molar-refractivity contribution >= 4 is 17.8 Å². The lowest BCUT2D eigenvalue weighted by Gasteiger charge is -2.28. The Hall–Kier alpha value is -3.63. The Labute approximate surface area is 177 Å². The number of hydrogen-bond donors (Lipinski definition) is 5. The van der Waals surface area contributed by atoms with Gasteiger partial charge in [0.1, 0.15) is 29.1 Å². The van der Waals surface area contributed by atoms with Crippen molar-refractivity contribution in [3.63, 3.8) is 0 Å². The maximum absolute atomic E-state index is 12.4. The molecule has 3 atom stereocenters. The summed E-state index contributed by atoms with van der Waals surface area (Å²) in [5.74, 6) is -2.53. The van der Waals surface area contributed by atoms with E-state index < -0.39 is 42.0 Å². The smallest absolute Gasteiger partial charge is 0.316 e. The zero-order valence-corrected chi connectivity index (χ0v) is 16.6. The number of ether oxygens (including phenoxy) is 1. The number of nitrogens with one attached hydrogen (secondary N) is 1. The van der Waals surface area contributed by atoms with Crippen LogP contribution in [-0.2, 0) is 9.53 Å². The molecule has 1 aliphatic rings. The topological polar surface area (TPSA) is 157 Å². The van der Waals surface area contributed by atoms with Crippen LogP contribution in [0.1, 0.15) is 27.6 Å². The fraction of sp³-hybridized carbons (Fsp3) is 0.286. The number of hydroxylamine groups is 2. The van der Waals surface area contributed by atoms with E-state index in [1.54, 1.807) is 0 Å². The van der Waals surface area contributed by atoms with Crippen molar-refractivity contribution in [2.45, 2.75) is 19.1 Å². The highest BCUT2D eigenvalue weighted by molar-refractivity contribution is 5.95. The van der Waals surface area contributed by atoms with Gasteiger partial charge in [-0.05, 0) is 43.3 Å². The van der Waals surface area contributed by atoms with E-state index in [4.69, 9.17) is 4.74 Å². The number of aliphatic hydroxyl groups excluding tert-OH is 1. The maximum atomic E-state index is 12.4. The summed E-state index contributed by atoms with van der Waals surface area (Å²) < 4.78 is 5.16. The van der Waals surface area contributed by atoms with Gasteiger partial charge in [-0.25, -0.2) is 5.06 Å². The van der Waals surface area contributed by atoms with Crippen molar-refractivity contribution in [2.75, 3.05) is 13.1 Å². The molecule has 0 unspecified atom stereocenters. The van der Waals surface area contributed by atoms with E-state index in [1.165, 1.54) is 49.4 Å². The second-order valence-electron chi connectivity index (χ2n) is 7.48. The molecule has 31 heavy (non-hydrogen) atoms. The molecule has 1 saturated heterocycles. The molecule has 2 aromatic rings. The third-order valence-electron chi connectivity index (χ3n) is 5.11. The molecule has 10 heteroatoms. The Morgan fingerprint density at radius 2 is 1.68 bits per heavy atom. The molecular weight excluding hydrogens is 408 g/mol. The first-order valence-corrected chi connectivity index (χ1v) is 9.38. The van der Waals surface area contributed by atoms with Crippen LogP contribution >= 0.6 is 0 Å². The van der Waals surface area contributed by atoms with Crippen molar-refractivity contribution in [1.82, 2.24) is 10.4 Å². The van der Waals surface area contributed by atoms with Gasteiger partial charge in [-0.1, -0.05) is 12.1 Å². The van der Waals surface area contributed by atoms with Gasteiger partial charge in [-0.3, -0.25) is 19.6 Å². The maximum Gasteiger partial charge on any atom is 0.316 e. The Morgan fingerprint density at radius 3 is 2.29 bits per heavy atom. The first kappa shape index (κ1) is 22.1. The van der Waals surface area contributed by atoms with Crippen LogP contribution in [0.5, 0.6) is 11.5 Å². The molecular formula is C21H22N2O8. The quantitative estimate of drug-likeness (QED) is 0.254. The minimum atomic E-state index is -1.65. The zero-order valence-electron chi connectivity index (χ0n) is 16.6. The Kier molecular flexibility index (Phi) is 6.14. The van der Waals surface area contributed by atoms with Crippen LogP contribution < -0.4 is 5.32 Å². The number of rotatable bonds is 6. The zero-order chi connectivity index (χ0) is 22.8. The number of cyclic esters (lactones) is 1. The minimum absolute atomic E-state index is 0.0121. The SMILES string of the molecule is C[C@@]1(CN(O)C(=O)c2cccc(O)c2)C(=O)O[C@H](CNC(=O)c2cccc(O)c2)[C@H]1O. The van der Waals surface area contributed by atoms with Gasteiger partial charge in [0.05, 0.1) is 13.1 Å².